The number of hydrogen-bond donors (Lipinski definition) is 2. The number of benzene rings is 1. The van der Waals surface area contributed by atoms with Crippen LogP contribution in [0.15, 0.2) is 41.6 Å². The summed E-state index contributed by atoms with van der Waals surface area (Å²) in [5, 5.41) is 12.2. The fourth-order valence-electron chi connectivity index (χ4n) is 2.77. The SMILES string of the molecule is CC1=CNC(C(=O)O)CC2=C1Cc1ccccc12. The van der Waals surface area contributed by atoms with E-state index in [1.54, 1.807) is 0 Å². The van der Waals surface area contributed by atoms with Gasteiger partial charge in [0.2, 0.25) is 0 Å². The summed E-state index contributed by atoms with van der Waals surface area (Å²) in [4.78, 5) is 11.2. The van der Waals surface area contributed by atoms with Crippen LogP contribution in [0.25, 0.3) is 5.57 Å². The smallest absolute Gasteiger partial charge is 0.326 e. The van der Waals surface area contributed by atoms with Crippen LogP contribution in [0, 0.1) is 0 Å². The molecule has 1 unspecified atom stereocenters. The van der Waals surface area contributed by atoms with E-state index < -0.39 is 12.0 Å². The molecule has 0 saturated carbocycles. The largest absolute Gasteiger partial charge is 0.480 e. The molecule has 0 bridgehead atoms. The Morgan fingerprint density at radius 3 is 2.89 bits per heavy atom. The highest BCUT2D eigenvalue weighted by atomic mass is 16.4. The molecule has 0 fully saturated rings. The van der Waals surface area contributed by atoms with Crippen LogP contribution in [-0.2, 0) is 11.2 Å². The van der Waals surface area contributed by atoms with Crippen molar-refractivity contribution >= 4 is 11.5 Å². The van der Waals surface area contributed by atoms with Crippen molar-refractivity contribution in [3.05, 3.63) is 52.7 Å². The topological polar surface area (TPSA) is 49.3 Å². The highest BCUT2D eigenvalue weighted by molar-refractivity contribution is 5.85. The van der Waals surface area contributed by atoms with Crippen molar-refractivity contribution in [1.82, 2.24) is 5.32 Å². The Bertz CT molecular complexity index is 584. The normalized spacial score (nSPS) is 21.6. The van der Waals surface area contributed by atoms with Gasteiger partial charge in [0.25, 0.3) is 0 Å². The quantitative estimate of drug-likeness (QED) is 0.793. The van der Waals surface area contributed by atoms with Crippen molar-refractivity contribution in [2.45, 2.75) is 25.8 Å². The maximum atomic E-state index is 11.2. The number of carbonyl (C=O) groups is 1. The molecule has 3 rings (SSSR count). The molecule has 18 heavy (non-hydrogen) atoms. The minimum absolute atomic E-state index is 0.529. The average molecular weight is 241 g/mol. The number of carboxylic acids is 1. The molecule has 1 aliphatic carbocycles. The monoisotopic (exact) mass is 241 g/mol. The third kappa shape index (κ3) is 1.63. The maximum absolute atomic E-state index is 11.2. The first kappa shape index (κ1) is 11.1. The highest BCUT2D eigenvalue weighted by Gasteiger charge is 2.28. The zero-order valence-corrected chi connectivity index (χ0v) is 10.2. The van der Waals surface area contributed by atoms with Crippen LogP contribution in [0.5, 0.6) is 0 Å². The van der Waals surface area contributed by atoms with Gasteiger partial charge in [0.1, 0.15) is 6.04 Å². The third-order valence-corrected chi connectivity index (χ3v) is 3.76. The zero-order valence-electron chi connectivity index (χ0n) is 10.2. The number of allylic oxidation sites excluding steroid dienone is 2. The number of rotatable bonds is 1. The molecule has 0 saturated heterocycles. The second-order valence-electron chi connectivity index (χ2n) is 4.88. The summed E-state index contributed by atoms with van der Waals surface area (Å²) in [6.07, 6.45) is 3.31. The van der Waals surface area contributed by atoms with E-state index in [-0.39, 0.29) is 0 Å². The van der Waals surface area contributed by atoms with Gasteiger partial charge in [0.05, 0.1) is 0 Å². The number of aliphatic carboxylic acids is 1. The summed E-state index contributed by atoms with van der Waals surface area (Å²) in [5.74, 6) is -0.794. The lowest BCUT2D eigenvalue weighted by Crippen LogP contribution is -2.32. The van der Waals surface area contributed by atoms with Gasteiger partial charge in [-0.2, -0.15) is 0 Å². The van der Waals surface area contributed by atoms with Gasteiger partial charge in [0.15, 0.2) is 0 Å². The van der Waals surface area contributed by atoms with Crippen molar-refractivity contribution in [3.63, 3.8) is 0 Å². The summed E-state index contributed by atoms with van der Waals surface area (Å²) < 4.78 is 0. The molecule has 92 valence electrons. The standard InChI is InChI=1S/C15H15NO2/c1-9-8-16-14(15(17)18)7-13-11-5-3-2-4-10(11)6-12(9)13/h2-5,8,14,16H,6-7H2,1H3,(H,17,18). The van der Waals surface area contributed by atoms with Gasteiger partial charge in [-0.3, -0.25) is 0 Å². The van der Waals surface area contributed by atoms with Gasteiger partial charge < -0.3 is 10.4 Å². The first-order chi connectivity index (χ1) is 8.66. The molecular weight excluding hydrogens is 226 g/mol. The maximum Gasteiger partial charge on any atom is 0.326 e. The predicted octanol–water partition coefficient (Wildman–Crippen LogP) is 2.35. The fourth-order valence-corrected chi connectivity index (χ4v) is 2.77. The minimum atomic E-state index is -0.794. The van der Waals surface area contributed by atoms with Gasteiger partial charge in [-0.25, -0.2) is 4.79 Å². The Balaban J connectivity index is 2.08. The molecule has 2 aliphatic rings. The lowest BCUT2D eigenvalue weighted by atomic mass is 9.97. The molecular formula is C15H15NO2. The van der Waals surface area contributed by atoms with E-state index >= 15 is 0 Å². The number of hydrogen-bond acceptors (Lipinski definition) is 2. The second-order valence-corrected chi connectivity index (χ2v) is 4.88. The third-order valence-electron chi connectivity index (χ3n) is 3.76. The Labute approximate surface area is 106 Å². The Kier molecular flexibility index (Phi) is 2.47. The summed E-state index contributed by atoms with van der Waals surface area (Å²) in [6, 6.07) is 7.74. The highest BCUT2D eigenvalue weighted by Crippen LogP contribution is 2.39. The van der Waals surface area contributed by atoms with Gasteiger partial charge >= 0.3 is 5.97 Å². The molecule has 1 aliphatic heterocycles. The van der Waals surface area contributed by atoms with Crippen LogP contribution in [0.1, 0.15) is 24.5 Å². The van der Waals surface area contributed by atoms with E-state index in [0.717, 1.165) is 12.0 Å². The van der Waals surface area contributed by atoms with Crippen molar-refractivity contribution in [2.24, 2.45) is 0 Å². The van der Waals surface area contributed by atoms with Gasteiger partial charge in [-0.05, 0) is 41.2 Å². The predicted molar refractivity (Wildman–Crippen MR) is 70.0 cm³/mol. The van der Waals surface area contributed by atoms with Crippen LogP contribution >= 0.6 is 0 Å². The van der Waals surface area contributed by atoms with E-state index in [2.05, 4.69) is 17.4 Å². The number of carboxylic acid groups (broad SMARTS) is 1. The molecule has 0 aromatic heterocycles. The molecule has 1 atom stereocenters. The molecule has 1 aromatic rings. The average Bonchev–Trinajstić information content (AvgIpc) is 2.64. The van der Waals surface area contributed by atoms with E-state index in [1.165, 1.54) is 22.3 Å². The van der Waals surface area contributed by atoms with Crippen LogP contribution in [0.3, 0.4) is 0 Å². The van der Waals surface area contributed by atoms with E-state index in [9.17, 15) is 9.90 Å². The first-order valence-electron chi connectivity index (χ1n) is 6.13. The molecule has 0 spiro atoms. The molecule has 1 heterocycles. The molecule has 3 nitrogen and oxygen atoms in total. The summed E-state index contributed by atoms with van der Waals surface area (Å²) in [7, 11) is 0. The van der Waals surface area contributed by atoms with Crippen LogP contribution in [-0.4, -0.2) is 17.1 Å². The molecule has 2 N–H and O–H groups in total. The lowest BCUT2D eigenvalue weighted by molar-refractivity contribution is -0.139. The second kappa shape index (κ2) is 4.02. The summed E-state index contributed by atoms with van der Waals surface area (Å²) in [5.41, 5.74) is 6.14. The van der Waals surface area contributed by atoms with Crippen molar-refractivity contribution in [1.29, 1.82) is 0 Å². The Morgan fingerprint density at radius 2 is 2.11 bits per heavy atom. The lowest BCUT2D eigenvalue weighted by Gasteiger charge is -2.12. The first-order valence-corrected chi connectivity index (χ1v) is 6.13. The van der Waals surface area contributed by atoms with Crippen LogP contribution in [0.2, 0.25) is 0 Å². The van der Waals surface area contributed by atoms with Crippen LogP contribution in [0.4, 0.5) is 0 Å². The Hall–Kier alpha value is -2.03. The molecule has 1 aromatic carbocycles. The Morgan fingerprint density at radius 1 is 1.33 bits per heavy atom. The molecule has 3 heteroatoms. The van der Waals surface area contributed by atoms with Crippen LogP contribution < -0.4 is 5.32 Å². The van der Waals surface area contributed by atoms with E-state index in [1.807, 2.05) is 25.3 Å². The minimum Gasteiger partial charge on any atom is -0.480 e. The van der Waals surface area contributed by atoms with Crippen molar-refractivity contribution in [2.75, 3.05) is 0 Å². The van der Waals surface area contributed by atoms with Gasteiger partial charge in [0, 0.05) is 12.6 Å². The molecule has 0 radical (unpaired) electrons. The summed E-state index contributed by atoms with van der Waals surface area (Å²) in [6.45, 7) is 2.04. The number of nitrogens with one attached hydrogen (secondary N) is 1. The zero-order chi connectivity index (χ0) is 12.7. The van der Waals surface area contributed by atoms with Crippen molar-refractivity contribution < 1.29 is 9.90 Å². The fraction of sp³-hybridized carbons (Fsp3) is 0.267. The number of fused-ring (bicyclic) bond motifs is 2. The van der Waals surface area contributed by atoms with E-state index in [0.29, 0.717) is 6.42 Å². The van der Waals surface area contributed by atoms with Gasteiger partial charge in [-0.1, -0.05) is 24.3 Å². The molecule has 0 amide bonds. The van der Waals surface area contributed by atoms with Crippen molar-refractivity contribution in [3.8, 4) is 0 Å². The van der Waals surface area contributed by atoms with E-state index in [4.69, 9.17) is 0 Å². The van der Waals surface area contributed by atoms with Gasteiger partial charge in [-0.15, -0.1) is 0 Å². The summed E-state index contributed by atoms with van der Waals surface area (Å²) >= 11 is 0.